The van der Waals surface area contributed by atoms with E-state index in [9.17, 15) is 9.59 Å². The third-order valence-corrected chi connectivity index (χ3v) is 4.76. The number of hydrogen-bond donors (Lipinski definition) is 1. The van der Waals surface area contributed by atoms with Gasteiger partial charge in [-0.05, 0) is 25.0 Å². The van der Waals surface area contributed by atoms with Gasteiger partial charge in [-0.1, -0.05) is 0 Å². The highest BCUT2D eigenvalue weighted by molar-refractivity contribution is 5.92. The van der Waals surface area contributed by atoms with Crippen molar-refractivity contribution in [2.75, 3.05) is 13.1 Å². The van der Waals surface area contributed by atoms with Crippen LogP contribution in [0.25, 0.3) is 5.65 Å². The first-order valence-corrected chi connectivity index (χ1v) is 8.11. The quantitative estimate of drug-likeness (QED) is 0.773. The summed E-state index contributed by atoms with van der Waals surface area (Å²) in [6.45, 7) is 1.37. The van der Waals surface area contributed by atoms with E-state index in [1.54, 1.807) is 18.3 Å². The molecule has 7 heteroatoms. The van der Waals surface area contributed by atoms with Crippen LogP contribution in [0.5, 0.6) is 0 Å². The normalized spacial score (nSPS) is 16.0. The van der Waals surface area contributed by atoms with Gasteiger partial charge in [-0.25, -0.2) is 9.50 Å². The van der Waals surface area contributed by atoms with Gasteiger partial charge in [0.25, 0.3) is 11.5 Å². The summed E-state index contributed by atoms with van der Waals surface area (Å²) in [5.41, 5.74) is 2.08. The Balaban J connectivity index is 1.50. The van der Waals surface area contributed by atoms with Crippen LogP contribution >= 0.6 is 0 Å². The number of nitrogens with zero attached hydrogens (tertiary/aromatic N) is 4. The fourth-order valence-electron chi connectivity index (χ4n) is 3.38. The second-order valence-corrected chi connectivity index (χ2v) is 6.25. The molecule has 124 valence electrons. The molecule has 0 atom stereocenters. The maximum Gasteiger partial charge on any atom is 0.272 e. The molecule has 0 aliphatic carbocycles. The molecule has 3 aromatic heterocycles. The molecule has 0 aromatic carbocycles. The topological polar surface area (TPSA) is 75.4 Å². The van der Waals surface area contributed by atoms with Crippen molar-refractivity contribution in [3.8, 4) is 0 Å². The minimum atomic E-state index is -0.0951. The third kappa shape index (κ3) is 2.42. The molecule has 24 heavy (non-hydrogen) atoms. The van der Waals surface area contributed by atoms with Crippen molar-refractivity contribution < 1.29 is 4.79 Å². The maximum absolute atomic E-state index is 12.6. The van der Waals surface area contributed by atoms with E-state index in [-0.39, 0.29) is 17.4 Å². The number of aromatic nitrogens is 4. The van der Waals surface area contributed by atoms with E-state index in [2.05, 4.69) is 10.1 Å². The fourth-order valence-corrected chi connectivity index (χ4v) is 3.38. The van der Waals surface area contributed by atoms with Gasteiger partial charge in [0.1, 0.15) is 5.69 Å². The van der Waals surface area contributed by atoms with Gasteiger partial charge >= 0.3 is 0 Å². The van der Waals surface area contributed by atoms with Crippen molar-refractivity contribution in [1.82, 2.24) is 24.1 Å². The molecular formula is C17H19N5O2. The Labute approximate surface area is 138 Å². The highest BCUT2D eigenvalue weighted by Crippen LogP contribution is 2.27. The fraction of sp³-hybridized carbons (Fsp3) is 0.353. The molecule has 4 rings (SSSR count). The predicted molar refractivity (Wildman–Crippen MR) is 89.1 cm³/mol. The Kier molecular flexibility index (Phi) is 3.48. The molecule has 4 heterocycles. The summed E-state index contributed by atoms with van der Waals surface area (Å²) in [7, 11) is 1.88. The SMILES string of the molecule is Cn1cccc1C(=O)N1CCC(c2cc(=O)n3[nH]ccc3n2)CC1. The van der Waals surface area contributed by atoms with Crippen LogP contribution in [0.4, 0.5) is 0 Å². The van der Waals surface area contributed by atoms with Crippen molar-refractivity contribution in [2.24, 2.45) is 7.05 Å². The Morgan fingerprint density at radius 1 is 1.29 bits per heavy atom. The first-order valence-electron chi connectivity index (χ1n) is 8.11. The Morgan fingerprint density at radius 2 is 2.08 bits per heavy atom. The van der Waals surface area contributed by atoms with Crippen molar-refractivity contribution in [2.45, 2.75) is 18.8 Å². The summed E-state index contributed by atoms with van der Waals surface area (Å²) < 4.78 is 3.27. The zero-order valence-electron chi connectivity index (χ0n) is 13.5. The third-order valence-electron chi connectivity index (χ3n) is 4.76. The van der Waals surface area contributed by atoms with Crippen LogP contribution in [0.3, 0.4) is 0 Å². The van der Waals surface area contributed by atoms with E-state index in [1.807, 2.05) is 34.8 Å². The largest absolute Gasteiger partial charge is 0.347 e. The number of carbonyl (C=O) groups excluding carboxylic acids is 1. The number of amides is 1. The molecule has 1 amide bonds. The highest BCUT2D eigenvalue weighted by atomic mass is 16.2. The number of H-pyrrole nitrogens is 1. The van der Waals surface area contributed by atoms with Gasteiger partial charge in [-0.2, -0.15) is 0 Å². The van der Waals surface area contributed by atoms with Crippen LogP contribution in [0, 0.1) is 0 Å². The van der Waals surface area contributed by atoms with Gasteiger partial charge < -0.3 is 9.47 Å². The molecule has 0 radical (unpaired) electrons. The van der Waals surface area contributed by atoms with E-state index in [0.29, 0.717) is 24.4 Å². The molecule has 0 bridgehead atoms. The molecule has 0 unspecified atom stereocenters. The second kappa shape index (κ2) is 5.67. The number of aromatic amines is 1. The number of nitrogens with one attached hydrogen (secondary N) is 1. The molecule has 1 fully saturated rings. The van der Waals surface area contributed by atoms with Crippen LogP contribution in [0.1, 0.15) is 34.9 Å². The van der Waals surface area contributed by atoms with Crippen LogP contribution in [0.2, 0.25) is 0 Å². The number of rotatable bonds is 2. The van der Waals surface area contributed by atoms with Crippen LogP contribution in [-0.2, 0) is 7.05 Å². The van der Waals surface area contributed by atoms with Crippen molar-refractivity contribution in [1.29, 1.82) is 0 Å². The zero-order valence-corrected chi connectivity index (χ0v) is 13.5. The number of fused-ring (bicyclic) bond motifs is 1. The van der Waals surface area contributed by atoms with Crippen molar-refractivity contribution >= 4 is 11.6 Å². The minimum absolute atomic E-state index is 0.0649. The van der Waals surface area contributed by atoms with Crippen LogP contribution < -0.4 is 5.56 Å². The lowest BCUT2D eigenvalue weighted by Crippen LogP contribution is -2.39. The average molecular weight is 325 g/mol. The predicted octanol–water partition coefficient (Wildman–Crippen LogP) is 1.38. The first kappa shape index (κ1) is 14.7. The second-order valence-electron chi connectivity index (χ2n) is 6.25. The number of carbonyl (C=O) groups is 1. The average Bonchev–Trinajstić information content (AvgIpc) is 3.23. The van der Waals surface area contributed by atoms with Crippen molar-refractivity contribution in [3.05, 3.63) is 58.4 Å². The summed E-state index contributed by atoms with van der Waals surface area (Å²) in [6, 6.07) is 7.11. The maximum atomic E-state index is 12.6. The van der Waals surface area contributed by atoms with Gasteiger partial charge in [0, 0.05) is 50.6 Å². The molecular weight excluding hydrogens is 306 g/mol. The minimum Gasteiger partial charge on any atom is -0.347 e. The van der Waals surface area contributed by atoms with Gasteiger partial charge in [-0.3, -0.25) is 14.7 Å². The van der Waals surface area contributed by atoms with Crippen LogP contribution in [-0.4, -0.2) is 43.1 Å². The number of hydrogen-bond acceptors (Lipinski definition) is 3. The lowest BCUT2D eigenvalue weighted by Gasteiger charge is -2.31. The monoisotopic (exact) mass is 325 g/mol. The zero-order chi connectivity index (χ0) is 16.7. The first-order chi connectivity index (χ1) is 11.6. The molecule has 1 saturated heterocycles. The van der Waals surface area contributed by atoms with Crippen molar-refractivity contribution in [3.63, 3.8) is 0 Å². The van der Waals surface area contributed by atoms with E-state index >= 15 is 0 Å². The summed E-state index contributed by atoms with van der Waals surface area (Å²) >= 11 is 0. The standard InChI is InChI=1S/C17H19N5O2/c1-20-8-2-3-14(20)17(24)21-9-5-12(6-10-21)13-11-16(23)22-15(19-13)4-7-18-22/h2-4,7-8,11-12,18H,5-6,9-10H2,1H3. The van der Waals surface area contributed by atoms with Gasteiger partial charge in [0.15, 0.2) is 5.65 Å². The Morgan fingerprint density at radius 3 is 2.79 bits per heavy atom. The number of piperidine rings is 1. The van der Waals surface area contributed by atoms with E-state index in [1.165, 1.54) is 4.52 Å². The number of aryl methyl sites for hydroxylation is 1. The summed E-state index contributed by atoms with van der Waals surface area (Å²) in [4.78, 5) is 31.1. The van der Waals surface area contributed by atoms with Gasteiger partial charge in [0.2, 0.25) is 0 Å². The van der Waals surface area contributed by atoms with Gasteiger partial charge in [0.05, 0.1) is 5.69 Å². The van der Waals surface area contributed by atoms with Gasteiger partial charge in [-0.15, -0.1) is 0 Å². The van der Waals surface area contributed by atoms with E-state index in [4.69, 9.17) is 0 Å². The molecule has 1 aliphatic heterocycles. The molecule has 0 saturated carbocycles. The molecule has 7 nitrogen and oxygen atoms in total. The molecule has 0 spiro atoms. The van der Waals surface area contributed by atoms with Crippen LogP contribution in [0.15, 0.2) is 41.5 Å². The lowest BCUT2D eigenvalue weighted by molar-refractivity contribution is 0.0702. The van der Waals surface area contributed by atoms with E-state index in [0.717, 1.165) is 18.5 Å². The molecule has 3 aromatic rings. The smallest absolute Gasteiger partial charge is 0.272 e. The summed E-state index contributed by atoms with van der Waals surface area (Å²) in [6.07, 6.45) is 5.23. The summed E-state index contributed by atoms with van der Waals surface area (Å²) in [5, 5.41) is 2.85. The Bertz CT molecular complexity index is 943. The summed E-state index contributed by atoms with van der Waals surface area (Å²) in [5.74, 6) is 0.283. The lowest BCUT2D eigenvalue weighted by atomic mass is 9.93. The molecule has 1 N–H and O–H groups in total. The van der Waals surface area contributed by atoms with E-state index < -0.39 is 0 Å². The molecule has 1 aliphatic rings. The highest BCUT2D eigenvalue weighted by Gasteiger charge is 2.26. The Hall–Kier alpha value is -2.83. The number of likely N-dealkylation sites (tertiary alicyclic amines) is 1.